The third kappa shape index (κ3) is 4.88. The minimum Gasteiger partial charge on any atom is -0.353 e. The van der Waals surface area contributed by atoms with Crippen molar-refractivity contribution in [2.75, 3.05) is 6.54 Å². The average molecular weight is 186 g/mol. The van der Waals surface area contributed by atoms with Crippen LogP contribution in [0.2, 0.25) is 0 Å². The molecule has 0 spiro atoms. The largest absolute Gasteiger partial charge is 0.353 e. The number of carbonyl (C=O) groups excluding carboxylic acids is 1. The van der Waals surface area contributed by atoms with E-state index in [-0.39, 0.29) is 17.4 Å². The topological polar surface area (TPSA) is 55.1 Å². The molecule has 1 atom stereocenters. The predicted molar refractivity (Wildman–Crippen MR) is 55.3 cm³/mol. The molecule has 0 saturated carbocycles. The van der Waals surface area contributed by atoms with Crippen molar-refractivity contribution in [2.24, 2.45) is 11.1 Å². The van der Waals surface area contributed by atoms with E-state index < -0.39 is 0 Å². The molecule has 0 saturated heterocycles. The van der Waals surface area contributed by atoms with Crippen molar-refractivity contribution < 1.29 is 4.79 Å². The number of hydrogen-bond donors (Lipinski definition) is 2. The van der Waals surface area contributed by atoms with Gasteiger partial charge in [-0.2, -0.15) is 0 Å². The molecule has 0 rings (SSSR count). The van der Waals surface area contributed by atoms with Gasteiger partial charge in [0.25, 0.3) is 0 Å². The Morgan fingerprint density at radius 2 is 2.00 bits per heavy atom. The maximum Gasteiger partial charge on any atom is 0.225 e. The summed E-state index contributed by atoms with van der Waals surface area (Å²) in [5, 5.41) is 2.99. The Hall–Kier alpha value is -0.570. The smallest absolute Gasteiger partial charge is 0.225 e. The normalized spacial score (nSPS) is 13.9. The van der Waals surface area contributed by atoms with Crippen LogP contribution in [-0.4, -0.2) is 18.5 Å². The van der Waals surface area contributed by atoms with E-state index in [0.29, 0.717) is 6.54 Å². The molecule has 0 aromatic rings. The minimum atomic E-state index is -0.304. The van der Waals surface area contributed by atoms with E-state index in [1.54, 1.807) is 0 Å². The number of nitrogens with one attached hydrogen (secondary N) is 1. The first-order valence-electron chi connectivity index (χ1n) is 4.92. The molecule has 0 aliphatic rings. The van der Waals surface area contributed by atoms with Crippen LogP contribution in [0.15, 0.2) is 0 Å². The summed E-state index contributed by atoms with van der Waals surface area (Å²) in [6.07, 6.45) is 1.80. The van der Waals surface area contributed by atoms with Gasteiger partial charge in [0.05, 0.1) is 0 Å². The molecule has 0 radical (unpaired) electrons. The van der Waals surface area contributed by atoms with Gasteiger partial charge in [0.1, 0.15) is 0 Å². The van der Waals surface area contributed by atoms with E-state index in [1.165, 1.54) is 0 Å². The molecule has 13 heavy (non-hydrogen) atoms. The zero-order valence-electron chi connectivity index (χ0n) is 9.18. The molecule has 0 aliphatic carbocycles. The van der Waals surface area contributed by atoms with Crippen LogP contribution in [0.25, 0.3) is 0 Å². The highest BCUT2D eigenvalue weighted by Gasteiger charge is 2.22. The van der Waals surface area contributed by atoms with Crippen LogP contribution in [0, 0.1) is 5.41 Å². The fraction of sp³-hybridized carbons (Fsp3) is 0.900. The first-order valence-corrected chi connectivity index (χ1v) is 4.92. The molecule has 0 bridgehead atoms. The van der Waals surface area contributed by atoms with Crippen molar-refractivity contribution in [3.05, 3.63) is 0 Å². The van der Waals surface area contributed by atoms with Gasteiger partial charge in [0, 0.05) is 11.5 Å². The summed E-state index contributed by atoms with van der Waals surface area (Å²) in [7, 11) is 0. The molecule has 1 unspecified atom stereocenters. The summed E-state index contributed by atoms with van der Waals surface area (Å²) in [5.74, 6) is 0.104. The Labute approximate surface area is 81.1 Å². The van der Waals surface area contributed by atoms with E-state index in [2.05, 4.69) is 12.2 Å². The lowest BCUT2D eigenvalue weighted by Gasteiger charge is -2.23. The van der Waals surface area contributed by atoms with Crippen LogP contribution < -0.4 is 11.1 Å². The van der Waals surface area contributed by atoms with E-state index in [4.69, 9.17) is 5.73 Å². The molecular formula is C10H22N2O. The summed E-state index contributed by atoms with van der Waals surface area (Å²) in [5.41, 5.74) is 5.13. The zero-order chi connectivity index (χ0) is 10.5. The van der Waals surface area contributed by atoms with Crippen LogP contribution in [0.3, 0.4) is 0 Å². The average Bonchev–Trinajstić information content (AvgIpc) is 2.01. The van der Waals surface area contributed by atoms with Gasteiger partial charge < -0.3 is 11.1 Å². The Morgan fingerprint density at radius 1 is 1.46 bits per heavy atom. The number of carbonyl (C=O) groups is 1. The maximum atomic E-state index is 11.6. The van der Waals surface area contributed by atoms with Gasteiger partial charge in [-0.1, -0.05) is 27.7 Å². The minimum absolute atomic E-state index is 0.104. The molecule has 0 aromatic heterocycles. The Bertz CT molecular complexity index is 161. The quantitative estimate of drug-likeness (QED) is 0.695. The molecule has 3 nitrogen and oxygen atoms in total. The second kappa shape index (κ2) is 5.22. The molecule has 3 heteroatoms. The number of hydrogen-bond acceptors (Lipinski definition) is 2. The second-order valence-electron chi connectivity index (χ2n) is 4.41. The highest BCUT2D eigenvalue weighted by molar-refractivity contribution is 5.81. The molecule has 0 aromatic carbocycles. The van der Waals surface area contributed by atoms with Crippen molar-refractivity contribution in [2.45, 2.75) is 46.6 Å². The highest BCUT2D eigenvalue weighted by Crippen LogP contribution is 2.13. The summed E-state index contributed by atoms with van der Waals surface area (Å²) < 4.78 is 0. The Balaban J connectivity index is 4.01. The summed E-state index contributed by atoms with van der Waals surface area (Å²) in [6, 6.07) is 0.233. The van der Waals surface area contributed by atoms with Gasteiger partial charge >= 0.3 is 0 Å². The molecule has 0 fully saturated rings. The third-order valence-electron chi connectivity index (χ3n) is 2.02. The Kier molecular flexibility index (Phi) is 4.99. The molecule has 0 aliphatic heterocycles. The van der Waals surface area contributed by atoms with E-state index in [9.17, 15) is 4.79 Å². The van der Waals surface area contributed by atoms with Gasteiger partial charge in [-0.05, 0) is 19.4 Å². The number of rotatable bonds is 4. The van der Waals surface area contributed by atoms with Crippen LogP contribution in [0.4, 0.5) is 0 Å². The number of amides is 1. The highest BCUT2D eigenvalue weighted by atomic mass is 16.2. The van der Waals surface area contributed by atoms with Gasteiger partial charge in [-0.25, -0.2) is 0 Å². The lowest BCUT2D eigenvalue weighted by Crippen LogP contribution is -2.42. The fourth-order valence-electron chi connectivity index (χ4n) is 0.981. The van der Waals surface area contributed by atoms with Gasteiger partial charge in [0.15, 0.2) is 0 Å². The van der Waals surface area contributed by atoms with Crippen molar-refractivity contribution in [3.63, 3.8) is 0 Å². The van der Waals surface area contributed by atoms with Crippen molar-refractivity contribution >= 4 is 5.91 Å². The molecular weight excluding hydrogens is 164 g/mol. The maximum absolute atomic E-state index is 11.6. The van der Waals surface area contributed by atoms with E-state index >= 15 is 0 Å². The Morgan fingerprint density at radius 3 is 2.31 bits per heavy atom. The van der Waals surface area contributed by atoms with Crippen LogP contribution in [0.5, 0.6) is 0 Å². The first-order chi connectivity index (χ1) is 5.91. The first kappa shape index (κ1) is 12.4. The standard InChI is InChI=1S/C10H22N2O/c1-5-8(6-7-11)12-9(13)10(2,3)4/h8H,5-7,11H2,1-4H3,(H,12,13). The number of nitrogens with two attached hydrogens (primary N) is 1. The zero-order valence-corrected chi connectivity index (χ0v) is 9.18. The summed E-state index contributed by atoms with van der Waals surface area (Å²) in [6.45, 7) is 8.43. The van der Waals surface area contributed by atoms with Gasteiger partial charge in [0.2, 0.25) is 5.91 Å². The van der Waals surface area contributed by atoms with Gasteiger partial charge in [-0.15, -0.1) is 0 Å². The lowest BCUT2D eigenvalue weighted by molar-refractivity contribution is -0.129. The lowest BCUT2D eigenvalue weighted by atomic mass is 9.95. The van der Waals surface area contributed by atoms with Crippen molar-refractivity contribution in [3.8, 4) is 0 Å². The monoisotopic (exact) mass is 186 g/mol. The van der Waals surface area contributed by atoms with E-state index in [0.717, 1.165) is 12.8 Å². The summed E-state index contributed by atoms with van der Waals surface area (Å²) in [4.78, 5) is 11.6. The second-order valence-corrected chi connectivity index (χ2v) is 4.41. The van der Waals surface area contributed by atoms with Crippen LogP contribution >= 0.6 is 0 Å². The molecule has 1 amide bonds. The van der Waals surface area contributed by atoms with Crippen molar-refractivity contribution in [1.29, 1.82) is 0 Å². The van der Waals surface area contributed by atoms with Crippen LogP contribution in [-0.2, 0) is 4.79 Å². The summed E-state index contributed by atoms with van der Waals surface area (Å²) >= 11 is 0. The molecule has 78 valence electrons. The molecule has 0 heterocycles. The van der Waals surface area contributed by atoms with Crippen molar-refractivity contribution in [1.82, 2.24) is 5.32 Å². The molecule has 3 N–H and O–H groups in total. The third-order valence-corrected chi connectivity index (χ3v) is 2.02. The predicted octanol–water partition coefficient (Wildman–Crippen LogP) is 1.28. The van der Waals surface area contributed by atoms with Gasteiger partial charge in [-0.3, -0.25) is 4.79 Å². The SMILES string of the molecule is CCC(CCN)NC(=O)C(C)(C)C. The van der Waals surface area contributed by atoms with Crippen LogP contribution in [0.1, 0.15) is 40.5 Å². The van der Waals surface area contributed by atoms with E-state index in [1.807, 2.05) is 20.8 Å². The fourth-order valence-corrected chi connectivity index (χ4v) is 0.981.